The van der Waals surface area contributed by atoms with E-state index in [1.165, 1.54) is 12.0 Å². The number of rotatable bonds is 3. The van der Waals surface area contributed by atoms with Crippen LogP contribution < -0.4 is 5.32 Å². The van der Waals surface area contributed by atoms with Gasteiger partial charge in [0.25, 0.3) is 0 Å². The number of methoxy groups -OCH3 is 1. The Balaban J connectivity index is 2.66. The van der Waals surface area contributed by atoms with Crippen LogP contribution in [0.4, 0.5) is 4.79 Å². The van der Waals surface area contributed by atoms with Crippen molar-refractivity contribution in [2.75, 3.05) is 20.2 Å². The van der Waals surface area contributed by atoms with Crippen LogP contribution in [-0.2, 0) is 19.1 Å². The van der Waals surface area contributed by atoms with Gasteiger partial charge in [0, 0.05) is 6.54 Å². The van der Waals surface area contributed by atoms with Crippen LogP contribution in [0.3, 0.4) is 0 Å². The fraction of sp³-hybridized carbons (Fsp3) is 0.786. The quantitative estimate of drug-likeness (QED) is 0.788. The summed E-state index contributed by atoms with van der Waals surface area (Å²) in [6, 6.07) is -0.599. The Morgan fingerprint density at radius 1 is 1.24 bits per heavy atom. The molecule has 21 heavy (non-hydrogen) atoms. The first-order valence-electron chi connectivity index (χ1n) is 7.09. The average molecular weight is 300 g/mol. The van der Waals surface area contributed by atoms with Gasteiger partial charge in [-0.25, -0.2) is 4.79 Å². The largest absolute Gasteiger partial charge is 0.468 e. The van der Waals surface area contributed by atoms with E-state index in [1.54, 1.807) is 20.8 Å². The highest BCUT2D eigenvalue weighted by Gasteiger charge is 2.34. The van der Waals surface area contributed by atoms with Crippen LogP contribution in [0.1, 0.15) is 40.0 Å². The molecule has 0 aromatic carbocycles. The first-order valence-corrected chi connectivity index (χ1v) is 7.09. The third-order valence-corrected chi connectivity index (χ3v) is 3.07. The van der Waals surface area contributed by atoms with Crippen LogP contribution in [0.15, 0.2) is 0 Å². The zero-order valence-electron chi connectivity index (χ0n) is 13.1. The highest BCUT2D eigenvalue weighted by molar-refractivity contribution is 5.88. The molecule has 1 aliphatic heterocycles. The molecule has 1 atom stereocenters. The predicted molar refractivity (Wildman–Crippen MR) is 75.6 cm³/mol. The van der Waals surface area contributed by atoms with Gasteiger partial charge in [-0.15, -0.1) is 0 Å². The molecular weight excluding hydrogens is 276 g/mol. The number of hydrogen-bond donors (Lipinski definition) is 1. The number of likely N-dealkylation sites (tertiary alicyclic amines) is 1. The second-order valence-electron chi connectivity index (χ2n) is 5.98. The molecule has 0 spiro atoms. The van der Waals surface area contributed by atoms with Gasteiger partial charge in [0.05, 0.1) is 7.11 Å². The van der Waals surface area contributed by atoms with Crippen molar-refractivity contribution in [3.05, 3.63) is 0 Å². The van der Waals surface area contributed by atoms with Gasteiger partial charge in [-0.3, -0.25) is 14.5 Å². The smallest absolute Gasteiger partial charge is 0.410 e. The van der Waals surface area contributed by atoms with E-state index < -0.39 is 23.7 Å². The summed E-state index contributed by atoms with van der Waals surface area (Å²) in [4.78, 5) is 36.8. The molecule has 1 N–H and O–H groups in total. The predicted octanol–water partition coefficient (Wildman–Crippen LogP) is 1.07. The molecule has 7 heteroatoms. The summed E-state index contributed by atoms with van der Waals surface area (Å²) in [7, 11) is 1.25. The van der Waals surface area contributed by atoms with Crippen LogP contribution >= 0.6 is 0 Å². The molecule has 0 saturated carbocycles. The van der Waals surface area contributed by atoms with Crippen LogP contribution in [0.5, 0.6) is 0 Å². The molecule has 1 aliphatic rings. The topological polar surface area (TPSA) is 84.9 Å². The molecule has 7 nitrogen and oxygen atoms in total. The Bertz CT molecular complexity index is 403. The normalized spacial score (nSPS) is 18.9. The lowest BCUT2D eigenvalue weighted by molar-refractivity contribution is -0.141. The number of nitrogens with zero attached hydrogens (tertiary/aromatic N) is 1. The fourth-order valence-corrected chi connectivity index (χ4v) is 2.09. The Hall–Kier alpha value is -1.79. The van der Waals surface area contributed by atoms with Crippen molar-refractivity contribution in [2.24, 2.45) is 0 Å². The summed E-state index contributed by atoms with van der Waals surface area (Å²) in [5.74, 6) is -0.881. The summed E-state index contributed by atoms with van der Waals surface area (Å²) >= 11 is 0. The Labute approximate surface area is 124 Å². The molecule has 1 unspecified atom stereocenters. The van der Waals surface area contributed by atoms with Gasteiger partial charge in [-0.2, -0.15) is 0 Å². The van der Waals surface area contributed by atoms with Gasteiger partial charge in [-0.05, 0) is 40.0 Å². The molecule has 2 amide bonds. The minimum Gasteiger partial charge on any atom is -0.468 e. The highest BCUT2D eigenvalue weighted by Crippen LogP contribution is 2.20. The van der Waals surface area contributed by atoms with Crippen LogP contribution in [0.2, 0.25) is 0 Å². The summed E-state index contributed by atoms with van der Waals surface area (Å²) in [5, 5.41) is 2.49. The molecule has 0 aromatic rings. The summed E-state index contributed by atoms with van der Waals surface area (Å²) in [5.41, 5.74) is -0.610. The van der Waals surface area contributed by atoms with E-state index in [9.17, 15) is 14.4 Å². The van der Waals surface area contributed by atoms with Crippen molar-refractivity contribution in [1.82, 2.24) is 10.2 Å². The number of piperidine rings is 1. The molecule has 120 valence electrons. The molecule has 0 radical (unpaired) electrons. The van der Waals surface area contributed by atoms with Gasteiger partial charge in [-0.1, -0.05) is 0 Å². The Kier molecular flexibility index (Phi) is 5.99. The third kappa shape index (κ3) is 5.61. The van der Waals surface area contributed by atoms with E-state index in [0.29, 0.717) is 13.0 Å². The molecule has 0 aliphatic carbocycles. The van der Waals surface area contributed by atoms with Crippen molar-refractivity contribution < 1.29 is 23.9 Å². The van der Waals surface area contributed by atoms with Gasteiger partial charge < -0.3 is 14.8 Å². The van der Waals surface area contributed by atoms with Crippen LogP contribution in [0, 0.1) is 0 Å². The fourth-order valence-electron chi connectivity index (χ4n) is 2.09. The Morgan fingerprint density at radius 3 is 2.48 bits per heavy atom. The Morgan fingerprint density at radius 2 is 1.90 bits per heavy atom. The number of hydrogen-bond acceptors (Lipinski definition) is 5. The number of amides is 2. The standard InChI is InChI=1S/C14H24N2O5/c1-14(2,3)21-13(19)16-8-6-5-7-10(16)12(18)15-9-11(17)20-4/h10H,5-9H2,1-4H3,(H,15,18). The maximum Gasteiger partial charge on any atom is 0.410 e. The van der Waals surface area contributed by atoms with Crippen molar-refractivity contribution in [3.8, 4) is 0 Å². The van der Waals surface area contributed by atoms with E-state index in [0.717, 1.165) is 12.8 Å². The number of esters is 1. The van der Waals surface area contributed by atoms with Crippen LogP contribution in [0.25, 0.3) is 0 Å². The molecule has 1 heterocycles. The minimum atomic E-state index is -0.610. The molecule has 1 rings (SSSR count). The monoisotopic (exact) mass is 300 g/mol. The summed E-state index contributed by atoms with van der Waals surface area (Å²) in [6.07, 6.45) is 1.75. The van der Waals surface area contributed by atoms with Crippen LogP contribution in [-0.4, -0.2) is 54.7 Å². The lowest BCUT2D eigenvalue weighted by Crippen LogP contribution is -2.53. The minimum absolute atomic E-state index is 0.200. The van der Waals surface area contributed by atoms with Gasteiger partial charge >= 0.3 is 12.1 Å². The van der Waals surface area contributed by atoms with E-state index >= 15 is 0 Å². The van der Waals surface area contributed by atoms with Gasteiger partial charge in [0.2, 0.25) is 5.91 Å². The zero-order chi connectivity index (χ0) is 16.0. The molecule has 0 aromatic heterocycles. The van der Waals surface area contributed by atoms with E-state index in [4.69, 9.17) is 4.74 Å². The molecular formula is C14H24N2O5. The third-order valence-electron chi connectivity index (χ3n) is 3.07. The summed E-state index contributed by atoms with van der Waals surface area (Å²) in [6.45, 7) is 5.61. The second-order valence-corrected chi connectivity index (χ2v) is 5.98. The second kappa shape index (κ2) is 7.28. The number of ether oxygens (including phenoxy) is 2. The van der Waals surface area contributed by atoms with E-state index in [-0.39, 0.29) is 12.5 Å². The zero-order valence-corrected chi connectivity index (χ0v) is 13.1. The van der Waals surface area contributed by atoms with Crippen molar-refractivity contribution in [1.29, 1.82) is 0 Å². The maximum atomic E-state index is 12.2. The highest BCUT2D eigenvalue weighted by atomic mass is 16.6. The number of carbonyl (C=O) groups excluding carboxylic acids is 3. The number of nitrogens with one attached hydrogen (secondary N) is 1. The SMILES string of the molecule is COC(=O)CNC(=O)C1CCCCN1C(=O)OC(C)(C)C. The first-order chi connectivity index (χ1) is 9.74. The van der Waals surface area contributed by atoms with Crippen molar-refractivity contribution >= 4 is 18.0 Å². The molecule has 0 bridgehead atoms. The van der Waals surface area contributed by atoms with Gasteiger partial charge in [0.1, 0.15) is 18.2 Å². The lowest BCUT2D eigenvalue weighted by Gasteiger charge is -2.35. The first kappa shape index (κ1) is 17.3. The molecule has 1 fully saturated rings. The van der Waals surface area contributed by atoms with E-state index in [1.807, 2.05) is 0 Å². The van der Waals surface area contributed by atoms with E-state index in [2.05, 4.69) is 10.1 Å². The number of carbonyl (C=O) groups is 3. The van der Waals surface area contributed by atoms with Crippen molar-refractivity contribution in [3.63, 3.8) is 0 Å². The summed E-state index contributed by atoms with van der Waals surface area (Å²) < 4.78 is 9.79. The maximum absolute atomic E-state index is 12.2. The lowest BCUT2D eigenvalue weighted by atomic mass is 10.0. The van der Waals surface area contributed by atoms with Gasteiger partial charge in [0.15, 0.2) is 0 Å². The average Bonchev–Trinajstić information content (AvgIpc) is 2.42. The molecule has 1 saturated heterocycles. The van der Waals surface area contributed by atoms with Crippen molar-refractivity contribution in [2.45, 2.75) is 51.7 Å².